The van der Waals surface area contributed by atoms with Crippen molar-refractivity contribution in [2.24, 2.45) is 0 Å². The summed E-state index contributed by atoms with van der Waals surface area (Å²) in [5.41, 5.74) is -0.597. The number of ether oxygens (including phenoxy) is 1. The monoisotopic (exact) mass is 535 g/mol. The number of nitrogens with zero attached hydrogens (tertiary/aromatic N) is 2. The van der Waals surface area contributed by atoms with Crippen LogP contribution < -0.4 is 51.4 Å². The van der Waals surface area contributed by atoms with Crippen LogP contribution in [0.3, 0.4) is 0 Å². The van der Waals surface area contributed by atoms with Gasteiger partial charge in [0, 0.05) is 19.6 Å². The molecule has 2 unspecified atom stereocenters. The average Bonchev–Trinajstić information content (AvgIpc) is 2.74. The van der Waals surface area contributed by atoms with Crippen molar-refractivity contribution in [2.45, 2.75) is 5.66 Å². The molecule has 13 heteroatoms. The third-order valence-corrected chi connectivity index (χ3v) is 5.75. The van der Waals surface area contributed by atoms with Crippen molar-refractivity contribution in [3.8, 4) is 0 Å². The molecule has 35 heavy (non-hydrogen) atoms. The minimum absolute atomic E-state index is 0. The zero-order chi connectivity index (χ0) is 25.3. The van der Waals surface area contributed by atoms with Crippen LogP contribution in [0.4, 0.5) is 0 Å². The molecule has 0 spiro atoms. The summed E-state index contributed by atoms with van der Waals surface area (Å²) in [5, 5.41) is 36.7. The number of hydrogen-bond acceptors (Lipinski definition) is 7. The SMILES string of the molecule is O=C(O)[CH-]/C=C\C=[C-]CN(CCOCCN(CC(=O)O)CC1=CC=CC(C(=O)O)P1)CC(=O)O.[K+]. The van der Waals surface area contributed by atoms with Crippen molar-refractivity contribution >= 4 is 32.5 Å². The van der Waals surface area contributed by atoms with Gasteiger partial charge in [0.2, 0.25) is 5.97 Å². The third kappa shape index (κ3) is 17.7. The van der Waals surface area contributed by atoms with E-state index in [2.05, 4.69) is 6.08 Å². The predicted octanol–water partition coefficient (Wildman–Crippen LogP) is -2.43. The number of hydrogen-bond donors (Lipinski definition) is 4. The summed E-state index contributed by atoms with van der Waals surface area (Å²) in [7, 11) is 0.0421. The molecule has 188 valence electrons. The van der Waals surface area contributed by atoms with E-state index in [4.69, 9.17) is 20.1 Å². The summed E-state index contributed by atoms with van der Waals surface area (Å²) in [6.07, 6.45) is 13.2. The number of allylic oxidation sites excluding steroid dienone is 4. The van der Waals surface area contributed by atoms with Gasteiger partial charge in [0.15, 0.2) is 0 Å². The molecule has 0 amide bonds. The Balaban J connectivity index is 0.0000116. The maximum atomic E-state index is 11.2. The molecule has 0 aliphatic carbocycles. The van der Waals surface area contributed by atoms with E-state index in [0.29, 0.717) is 19.6 Å². The topological polar surface area (TPSA) is 165 Å². The van der Waals surface area contributed by atoms with Gasteiger partial charge in [-0.2, -0.15) is 0 Å². The normalized spacial score (nSPS) is 16.1. The Morgan fingerprint density at radius 1 is 1.06 bits per heavy atom. The van der Waals surface area contributed by atoms with Gasteiger partial charge in [0.1, 0.15) is 0 Å². The maximum Gasteiger partial charge on any atom is 1.00 e. The number of carbonyl (C=O) groups is 4. The van der Waals surface area contributed by atoms with E-state index in [9.17, 15) is 24.3 Å². The van der Waals surface area contributed by atoms with E-state index in [1.807, 2.05) is 0 Å². The average molecular weight is 536 g/mol. The summed E-state index contributed by atoms with van der Waals surface area (Å²) in [4.78, 5) is 47.0. The van der Waals surface area contributed by atoms with Crippen LogP contribution in [0.15, 0.2) is 41.8 Å². The summed E-state index contributed by atoms with van der Waals surface area (Å²) < 4.78 is 5.56. The van der Waals surface area contributed by atoms with Crippen molar-refractivity contribution in [2.75, 3.05) is 52.5 Å². The van der Waals surface area contributed by atoms with E-state index in [-0.39, 0.29) is 92.8 Å². The van der Waals surface area contributed by atoms with E-state index >= 15 is 0 Å². The molecule has 0 fully saturated rings. The molecular weight excluding hydrogens is 506 g/mol. The second kappa shape index (κ2) is 19.8. The molecule has 0 aromatic rings. The van der Waals surface area contributed by atoms with Crippen LogP contribution in [0.5, 0.6) is 0 Å². The van der Waals surface area contributed by atoms with Gasteiger partial charge in [-0.15, -0.1) is 6.42 Å². The van der Waals surface area contributed by atoms with Gasteiger partial charge in [-0.25, -0.2) is 18.2 Å². The Hall–Kier alpha value is -1.34. The molecule has 1 aliphatic heterocycles. The van der Waals surface area contributed by atoms with Crippen LogP contribution in [0, 0.1) is 12.5 Å². The molecule has 0 bridgehead atoms. The fourth-order valence-electron chi connectivity index (χ4n) is 2.81. The van der Waals surface area contributed by atoms with Gasteiger partial charge in [0.05, 0.1) is 32.0 Å². The van der Waals surface area contributed by atoms with Crippen molar-refractivity contribution in [1.82, 2.24) is 9.80 Å². The van der Waals surface area contributed by atoms with Gasteiger partial charge in [0.25, 0.3) is 0 Å². The summed E-state index contributed by atoms with van der Waals surface area (Å²) in [6, 6.07) is 0. The van der Waals surface area contributed by atoms with E-state index < -0.39 is 29.5 Å². The van der Waals surface area contributed by atoms with Crippen LogP contribution in [-0.4, -0.2) is 112 Å². The third-order valence-electron chi connectivity index (χ3n) is 4.30. The Morgan fingerprint density at radius 2 is 1.69 bits per heavy atom. The molecule has 0 aromatic carbocycles. The Morgan fingerprint density at radius 3 is 2.29 bits per heavy atom. The van der Waals surface area contributed by atoms with Crippen LogP contribution in [0.25, 0.3) is 0 Å². The van der Waals surface area contributed by atoms with Crippen molar-refractivity contribution in [3.63, 3.8) is 0 Å². The fraction of sp³-hybridized carbons (Fsp3) is 0.409. The van der Waals surface area contributed by atoms with Crippen LogP contribution in [-0.2, 0) is 23.9 Å². The first-order valence-corrected chi connectivity index (χ1v) is 11.4. The smallest absolute Gasteiger partial charge is 0.491 e. The molecule has 2 atom stereocenters. The van der Waals surface area contributed by atoms with Crippen LogP contribution in [0.2, 0.25) is 0 Å². The molecule has 0 radical (unpaired) electrons. The quantitative estimate of drug-likeness (QED) is 0.0485. The Labute approximate surface area is 248 Å². The fourth-order valence-corrected chi connectivity index (χ4v) is 4.04. The van der Waals surface area contributed by atoms with E-state index in [0.717, 1.165) is 11.7 Å². The van der Waals surface area contributed by atoms with Gasteiger partial charge >= 0.3 is 69.3 Å². The van der Waals surface area contributed by atoms with Gasteiger partial charge in [-0.1, -0.05) is 33.4 Å². The zero-order valence-corrected chi connectivity index (χ0v) is 23.6. The van der Waals surface area contributed by atoms with Crippen LogP contribution >= 0.6 is 8.58 Å². The Kier molecular flexibility index (Phi) is 19.0. The van der Waals surface area contributed by atoms with Crippen molar-refractivity contribution in [1.29, 1.82) is 0 Å². The summed E-state index contributed by atoms with van der Waals surface area (Å²) in [6.45, 7) is 1.12. The first-order valence-electron chi connectivity index (χ1n) is 10.3. The minimum Gasteiger partial charge on any atom is -0.491 e. The molecule has 1 aliphatic rings. The van der Waals surface area contributed by atoms with E-state index in [1.54, 1.807) is 28.0 Å². The first kappa shape index (κ1) is 33.7. The molecule has 0 saturated carbocycles. The maximum absolute atomic E-state index is 11.2. The molecule has 0 aromatic heterocycles. The van der Waals surface area contributed by atoms with Crippen molar-refractivity contribution < 1.29 is 95.7 Å². The predicted molar refractivity (Wildman–Crippen MR) is 125 cm³/mol. The van der Waals surface area contributed by atoms with E-state index in [1.165, 1.54) is 18.2 Å². The largest absolute Gasteiger partial charge is 1.00 e. The van der Waals surface area contributed by atoms with Gasteiger partial charge in [-0.3, -0.25) is 30.2 Å². The second-order valence-electron chi connectivity index (χ2n) is 7.12. The number of aliphatic carboxylic acids is 4. The molecular formula is C22H29KN2O9P-. The molecule has 1 heterocycles. The minimum atomic E-state index is -1.08. The summed E-state index contributed by atoms with van der Waals surface area (Å²) in [5.74, 6) is -4.01. The summed E-state index contributed by atoms with van der Waals surface area (Å²) >= 11 is 0. The van der Waals surface area contributed by atoms with Gasteiger partial charge in [-0.05, 0) is 5.31 Å². The Bertz CT molecular complexity index is 830. The number of carboxylic acid groups (broad SMARTS) is 4. The molecule has 1 rings (SSSR count). The second-order valence-corrected chi connectivity index (χ2v) is 8.67. The molecule has 4 N–H and O–H groups in total. The van der Waals surface area contributed by atoms with Crippen molar-refractivity contribution in [3.05, 3.63) is 54.3 Å². The molecule has 11 nitrogen and oxygen atoms in total. The number of rotatable bonds is 18. The standard InChI is InChI=1S/C22H29N2O9P.K/c25-19(26)8-3-1-2-4-9-23(15-20(27)28)10-12-33-13-11-24(16-21(29)30)14-17-6-5-7-18(34-17)22(31)32;/h1-3,5-8,18,34H,9-16H2,(H,25,26)(H,27,28)(H,29,30)(H,31,32);/q-2;+1/b3-1-;. The first-order chi connectivity index (χ1) is 16.2. The number of carboxylic acids is 4. The molecule has 0 saturated heterocycles. The van der Waals surface area contributed by atoms with Gasteiger partial charge < -0.3 is 30.1 Å². The van der Waals surface area contributed by atoms with Crippen LogP contribution in [0.1, 0.15) is 0 Å². The zero-order valence-electron chi connectivity index (χ0n) is 19.5.